The fourth-order valence-corrected chi connectivity index (χ4v) is 3.11. The topological polar surface area (TPSA) is 83.6 Å². The van der Waals surface area contributed by atoms with E-state index in [2.05, 4.69) is 0 Å². The number of aromatic hydroxyl groups is 1. The van der Waals surface area contributed by atoms with Crippen LogP contribution >= 0.6 is 0 Å². The van der Waals surface area contributed by atoms with Crippen LogP contribution in [0.2, 0.25) is 0 Å². The van der Waals surface area contributed by atoms with E-state index in [4.69, 9.17) is 5.73 Å². The van der Waals surface area contributed by atoms with E-state index in [0.717, 1.165) is 16.7 Å². The zero-order chi connectivity index (χ0) is 19.9. The number of nitrogens with two attached hydrogens (primary N) is 1. The molecule has 142 valence electrons. The molecule has 5 heteroatoms. The molecule has 2 amide bonds. The third-order valence-corrected chi connectivity index (χ3v) is 4.53. The SMILES string of the molecule is NCC(=O)N(Cc1ccc(O)cc1)C(=O)C(c1ccccc1)c1ccccc1. The summed E-state index contributed by atoms with van der Waals surface area (Å²) in [4.78, 5) is 27.2. The zero-order valence-corrected chi connectivity index (χ0v) is 15.4. The van der Waals surface area contributed by atoms with Gasteiger partial charge in [0.2, 0.25) is 11.8 Å². The van der Waals surface area contributed by atoms with Gasteiger partial charge in [0, 0.05) is 0 Å². The van der Waals surface area contributed by atoms with Crippen molar-refractivity contribution in [2.24, 2.45) is 5.73 Å². The molecule has 0 aromatic heterocycles. The van der Waals surface area contributed by atoms with Crippen molar-refractivity contribution in [3.63, 3.8) is 0 Å². The third-order valence-electron chi connectivity index (χ3n) is 4.53. The van der Waals surface area contributed by atoms with Gasteiger partial charge in [0.15, 0.2) is 0 Å². The molecule has 0 aliphatic carbocycles. The van der Waals surface area contributed by atoms with Crippen molar-refractivity contribution < 1.29 is 14.7 Å². The summed E-state index contributed by atoms with van der Waals surface area (Å²) in [5.41, 5.74) is 7.92. The average Bonchev–Trinajstić information content (AvgIpc) is 2.74. The highest BCUT2D eigenvalue weighted by Gasteiger charge is 2.30. The normalized spacial score (nSPS) is 10.6. The number of phenols is 1. The Morgan fingerprint density at radius 2 is 1.32 bits per heavy atom. The zero-order valence-electron chi connectivity index (χ0n) is 15.4. The molecule has 0 fully saturated rings. The smallest absolute Gasteiger partial charge is 0.243 e. The van der Waals surface area contributed by atoms with Gasteiger partial charge in [0.25, 0.3) is 0 Å². The van der Waals surface area contributed by atoms with E-state index in [1.807, 2.05) is 60.7 Å². The Hall–Kier alpha value is -3.44. The highest BCUT2D eigenvalue weighted by Crippen LogP contribution is 2.27. The number of rotatable bonds is 6. The quantitative estimate of drug-likeness (QED) is 0.695. The lowest BCUT2D eigenvalue weighted by Crippen LogP contribution is -2.43. The van der Waals surface area contributed by atoms with Crippen LogP contribution in [-0.4, -0.2) is 28.4 Å². The molecule has 0 aliphatic heterocycles. The van der Waals surface area contributed by atoms with Gasteiger partial charge < -0.3 is 10.8 Å². The number of carbonyl (C=O) groups is 2. The van der Waals surface area contributed by atoms with Crippen LogP contribution in [0.3, 0.4) is 0 Å². The number of benzene rings is 3. The van der Waals surface area contributed by atoms with E-state index in [1.165, 1.54) is 17.0 Å². The van der Waals surface area contributed by atoms with E-state index in [0.29, 0.717) is 0 Å². The van der Waals surface area contributed by atoms with Gasteiger partial charge in [-0.3, -0.25) is 14.5 Å². The minimum Gasteiger partial charge on any atom is -0.508 e. The molecule has 5 nitrogen and oxygen atoms in total. The molecule has 0 bridgehead atoms. The van der Waals surface area contributed by atoms with Crippen LogP contribution in [0.4, 0.5) is 0 Å². The summed E-state index contributed by atoms with van der Waals surface area (Å²) < 4.78 is 0. The molecule has 0 aliphatic rings. The van der Waals surface area contributed by atoms with E-state index < -0.39 is 11.8 Å². The molecular formula is C23H22N2O3. The van der Waals surface area contributed by atoms with Gasteiger partial charge in [-0.15, -0.1) is 0 Å². The molecule has 0 heterocycles. The van der Waals surface area contributed by atoms with Crippen molar-refractivity contribution in [1.29, 1.82) is 0 Å². The second-order valence-corrected chi connectivity index (χ2v) is 6.44. The van der Waals surface area contributed by atoms with E-state index in [9.17, 15) is 14.7 Å². The number of hydrogen-bond acceptors (Lipinski definition) is 4. The lowest BCUT2D eigenvalue weighted by Gasteiger charge is -2.26. The second kappa shape index (κ2) is 8.97. The van der Waals surface area contributed by atoms with Gasteiger partial charge in [0.1, 0.15) is 5.75 Å². The monoisotopic (exact) mass is 374 g/mol. The van der Waals surface area contributed by atoms with Gasteiger partial charge >= 0.3 is 0 Å². The Bertz CT molecular complexity index is 886. The maximum Gasteiger partial charge on any atom is 0.243 e. The second-order valence-electron chi connectivity index (χ2n) is 6.44. The highest BCUT2D eigenvalue weighted by molar-refractivity contribution is 6.00. The van der Waals surface area contributed by atoms with E-state index in [-0.39, 0.29) is 24.7 Å². The largest absolute Gasteiger partial charge is 0.508 e. The summed E-state index contributed by atoms with van der Waals surface area (Å²) in [5, 5.41) is 9.47. The fourth-order valence-electron chi connectivity index (χ4n) is 3.11. The summed E-state index contributed by atoms with van der Waals surface area (Å²) in [5.74, 6) is -1.27. The van der Waals surface area contributed by atoms with E-state index in [1.54, 1.807) is 12.1 Å². The molecule has 3 aromatic carbocycles. The Balaban J connectivity index is 1.99. The maximum absolute atomic E-state index is 13.5. The van der Waals surface area contributed by atoms with Gasteiger partial charge in [-0.1, -0.05) is 72.8 Å². The van der Waals surface area contributed by atoms with Crippen molar-refractivity contribution in [1.82, 2.24) is 4.90 Å². The molecule has 28 heavy (non-hydrogen) atoms. The molecule has 0 saturated carbocycles. The first-order chi connectivity index (χ1) is 13.6. The van der Waals surface area contributed by atoms with Gasteiger partial charge in [0.05, 0.1) is 19.0 Å². The molecule has 3 aromatic rings. The van der Waals surface area contributed by atoms with E-state index >= 15 is 0 Å². The maximum atomic E-state index is 13.5. The number of hydrogen-bond donors (Lipinski definition) is 2. The molecule has 3 N–H and O–H groups in total. The molecule has 3 rings (SSSR count). The first-order valence-electron chi connectivity index (χ1n) is 9.02. The predicted molar refractivity (Wildman–Crippen MR) is 107 cm³/mol. The van der Waals surface area contributed by atoms with Crippen molar-refractivity contribution in [2.45, 2.75) is 12.5 Å². The lowest BCUT2D eigenvalue weighted by molar-refractivity contribution is -0.145. The molecule has 0 saturated heterocycles. The van der Waals surface area contributed by atoms with Crippen LogP contribution in [-0.2, 0) is 16.1 Å². The first-order valence-corrected chi connectivity index (χ1v) is 9.02. The summed E-state index contributed by atoms with van der Waals surface area (Å²) in [6.45, 7) is -0.175. The fraction of sp³-hybridized carbons (Fsp3) is 0.130. The minimum atomic E-state index is -0.616. The summed E-state index contributed by atoms with van der Waals surface area (Å²) in [7, 11) is 0. The van der Waals surface area contributed by atoms with Gasteiger partial charge in [-0.25, -0.2) is 0 Å². The van der Waals surface area contributed by atoms with Crippen molar-refractivity contribution in [3.05, 3.63) is 102 Å². The van der Waals surface area contributed by atoms with Crippen molar-refractivity contribution >= 4 is 11.8 Å². The van der Waals surface area contributed by atoms with Crippen LogP contribution in [0.15, 0.2) is 84.9 Å². The number of imide groups is 1. The molecule has 0 atom stereocenters. The summed E-state index contributed by atoms with van der Waals surface area (Å²) >= 11 is 0. The Morgan fingerprint density at radius 1 is 0.821 bits per heavy atom. The van der Waals surface area contributed by atoms with Crippen molar-refractivity contribution in [2.75, 3.05) is 6.54 Å². The molecule has 0 unspecified atom stereocenters. The van der Waals surface area contributed by atoms with Crippen LogP contribution < -0.4 is 5.73 Å². The summed E-state index contributed by atoms with van der Waals surface area (Å²) in [6, 6.07) is 25.2. The lowest BCUT2D eigenvalue weighted by atomic mass is 9.90. The molecule has 0 spiro atoms. The first kappa shape index (κ1) is 19.3. The summed E-state index contributed by atoms with van der Waals surface area (Å²) in [6.07, 6.45) is 0. The molecule has 0 radical (unpaired) electrons. The standard InChI is InChI=1S/C23H22N2O3/c24-15-21(27)25(16-17-11-13-20(26)14-12-17)23(28)22(18-7-3-1-4-8-18)19-9-5-2-6-10-19/h1-14,22,26H,15-16,24H2. The Morgan fingerprint density at radius 3 is 1.79 bits per heavy atom. The Kier molecular flexibility index (Phi) is 6.19. The average molecular weight is 374 g/mol. The minimum absolute atomic E-state index is 0.0886. The van der Waals surface area contributed by atoms with Gasteiger partial charge in [-0.2, -0.15) is 0 Å². The van der Waals surface area contributed by atoms with Crippen LogP contribution in [0.25, 0.3) is 0 Å². The Labute approximate surface area is 164 Å². The van der Waals surface area contributed by atoms with Gasteiger partial charge in [-0.05, 0) is 28.8 Å². The number of phenolic OH excluding ortho intramolecular Hbond substituents is 1. The number of nitrogens with zero attached hydrogens (tertiary/aromatic N) is 1. The predicted octanol–water partition coefficient (Wildman–Crippen LogP) is 3.04. The van der Waals surface area contributed by atoms with Crippen LogP contribution in [0.5, 0.6) is 5.75 Å². The number of amides is 2. The number of carbonyl (C=O) groups excluding carboxylic acids is 2. The van der Waals surface area contributed by atoms with Crippen molar-refractivity contribution in [3.8, 4) is 5.75 Å². The molecular weight excluding hydrogens is 352 g/mol. The van der Waals surface area contributed by atoms with Crippen LogP contribution in [0.1, 0.15) is 22.6 Å². The highest BCUT2D eigenvalue weighted by atomic mass is 16.3. The van der Waals surface area contributed by atoms with Crippen LogP contribution in [0, 0.1) is 0 Å². The third kappa shape index (κ3) is 4.45.